The van der Waals surface area contributed by atoms with Crippen LogP contribution in [0.15, 0.2) is 30.3 Å². The van der Waals surface area contributed by atoms with Crippen molar-refractivity contribution in [3.8, 4) is 5.75 Å². The smallest absolute Gasteiger partial charge is 0.314 e. The molecular weight excluding hydrogens is 328 g/mol. The molecule has 0 N–H and O–H groups in total. The van der Waals surface area contributed by atoms with Gasteiger partial charge in [-0.15, -0.1) is 0 Å². The Morgan fingerprint density at radius 3 is 2.28 bits per heavy atom. The minimum Gasteiger partial charge on any atom is -0.426 e. The monoisotopic (exact) mass is 362 g/mol. The van der Waals surface area contributed by atoms with Crippen molar-refractivity contribution < 1.29 is 14.0 Å². The van der Waals surface area contributed by atoms with Gasteiger partial charge in [-0.2, -0.15) is 0 Å². The van der Waals surface area contributed by atoms with Crippen molar-refractivity contribution in [1.29, 1.82) is 0 Å². The normalized spacial score (nSPS) is 21.1. The van der Waals surface area contributed by atoms with E-state index in [1.165, 1.54) is 0 Å². The van der Waals surface area contributed by atoms with Crippen LogP contribution < -0.4 is 4.74 Å². The SMILES string of the molecule is CC(C)(CCO[Si](C)(C)C(C)(C)C)C1CC1C(=O)Oc1ccccc1. The molecule has 3 nitrogen and oxygen atoms in total. The fourth-order valence-corrected chi connectivity index (χ4v) is 4.02. The second-order valence-corrected chi connectivity index (χ2v) is 14.3. The Bertz CT molecular complexity index is 587. The Kier molecular flexibility index (Phi) is 5.84. The van der Waals surface area contributed by atoms with Crippen LogP contribution in [0, 0.1) is 17.3 Å². The molecule has 4 heteroatoms. The first-order valence-corrected chi connectivity index (χ1v) is 12.3. The molecule has 0 radical (unpaired) electrons. The summed E-state index contributed by atoms with van der Waals surface area (Å²) in [7, 11) is -1.70. The first-order valence-electron chi connectivity index (χ1n) is 9.35. The molecule has 0 aliphatic heterocycles. The topological polar surface area (TPSA) is 35.5 Å². The molecule has 1 aromatic rings. The summed E-state index contributed by atoms with van der Waals surface area (Å²) in [6.07, 6.45) is 1.91. The molecule has 0 spiro atoms. The third-order valence-electron chi connectivity index (χ3n) is 6.07. The van der Waals surface area contributed by atoms with Gasteiger partial charge in [-0.25, -0.2) is 0 Å². The first kappa shape index (κ1) is 20.2. The number of carbonyl (C=O) groups is 1. The summed E-state index contributed by atoms with van der Waals surface area (Å²) < 4.78 is 11.8. The number of hydrogen-bond acceptors (Lipinski definition) is 3. The third kappa shape index (κ3) is 5.17. The number of carbonyl (C=O) groups excluding carboxylic acids is 1. The first-order chi connectivity index (χ1) is 11.4. The molecule has 1 fully saturated rings. The van der Waals surface area contributed by atoms with E-state index in [9.17, 15) is 4.79 Å². The lowest BCUT2D eigenvalue weighted by molar-refractivity contribution is -0.136. The lowest BCUT2D eigenvalue weighted by Gasteiger charge is -2.37. The molecule has 0 amide bonds. The molecule has 0 bridgehead atoms. The summed E-state index contributed by atoms with van der Waals surface area (Å²) in [6, 6.07) is 9.34. The Balaban J connectivity index is 1.82. The van der Waals surface area contributed by atoms with Crippen molar-refractivity contribution in [2.45, 2.75) is 65.6 Å². The number of hydrogen-bond donors (Lipinski definition) is 0. The molecule has 0 saturated heterocycles. The molecule has 1 aliphatic carbocycles. The van der Waals surface area contributed by atoms with Gasteiger partial charge in [0.2, 0.25) is 0 Å². The van der Waals surface area contributed by atoms with Gasteiger partial charge in [0.1, 0.15) is 5.75 Å². The summed E-state index contributed by atoms with van der Waals surface area (Å²) >= 11 is 0. The van der Waals surface area contributed by atoms with Crippen molar-refractivity contribution in [2.75, 3.05) is 6.61 Å². The van der Waals surface area contributed by atoms with Crippen LogP contribution in [0.25, 0.3) is 0 Å². The predicted molar refractivity (Wildman–Crippen MR) is 105 cm³/mol. The van der Waals surface area contributed by atoms with Crippen LogP contribution in [-0.4, -0.2) is 20.9 Å². The lowest BCUT2D eigenvalue weighted by atomic mass is 9.83. The highest BCUT2D eigenvalue weighted by Crippen LogP contribution is 2.53. The van der Waals surface area contributed by atoms with Gasteiger partial charge in [-0.1, -0.05) is 52.8 Å². The van der Waals surface area contributed by atoms with Gasteiger partial charge in [-0.3, -0.25) is 4.79 Å². The number of rotatable bonds is 7. The maximum Gasteiger partial charge on any atom is 0.314 e. The van der Waals surface area contributed by atoms with Crippen molar-refractivity contribution in [3.05, 3.63) is 30.3 Å². The molecule has 0 aromatic heterocycles. The van der Waals surface area contributed by atoms with Crippen LogP contribution in [0.1, 0.15) is 47.5 Å². The van der Waals surface area contributed by atoms with E-state index in [2.05, 4.69) is 47.7 Å². The van der Waals surface area contributed by atoms with E-state index in [0.29, 0.717) is 11.7 Å². The lowest BCUT2D eigenvalue weighted by Crippen LogP contribution is -2.41. The molecular formula is C21H34O3Si. The zero-order chi connectivity index (χ0) is 18.9. The maximum absolute atomic E-state index is 12.3. The Morgan fingerprint density at radius 2 is 1.72 bits per heavy atom. The highest BCUT2D eigenvalue weighted by atomic mass is 28.4. The van der Waals surface area contributed by atoms with E-state index in [1.807, 2.05) is 30.3 Å². The zero-order valence-corrected chi connectivity index (χ0v) is 17.9. The largest absolute Gasteiger partial charge is 0.426 e. The van der Waals surface area contributed by atoms with Gasteiger partial charge in [0.15, 0.2) is 8.32 Å². The highest BCUT2D eigenvalue weighted by molar-refractivity contribution is 6.74. The summed E-state index contributed by atoms with van der Waals surface area (Å²) in [5.74, 6) is 0.974. The molecule has 1 aromatic carbocycles. The van der Waals surface area contributed by atoms with Gasteiger partial charge in [0.05, 0.1) is 5.92 Å². The van der Waals surface area contributed by atoms with Crippen LogP contribution in [0.5, 0.6) is 5.75 Å². The summed E-state index contributed by atoms with van der Waals surface area (Å²) in [6.45, 7) is 16.7. The summed E-state index contributed by atoms with van der Waals surface area (Å²) in [4.78, 5) is 12.3. The van der Waals surface area contributed by atoms with Gasteiger partial charge in [0.25, 0.3) is 0 Å². The predicted octanol–water partition coefficient (Wildman–Crippen LogP) is 5.67. The van der Waals surface area contributed by atoms with Crippen molar-refractivity contribution in [3.63, 3.8) is 0 Å². The maximum atomic E-state index is 12.3. The van der Waals surface area contributed by atoms with Crippen molar-refractivity contribution in [1.82, 2.24) is 0 Å². The zero-order valence-electron chi connectivity index (χ0n) is 16.9. The molecule has 2 atom stereocenters. The number of ether oxygens (including phenoxy) is 1. The third-order valence-corrected chi connectivity index (χ3v) is 10.6. The molecule has 1 saturated carbocycles. The quantitative estimate of drug-likeness (QED) is 0.356. The average Bonchev–Trinajstić information content (AvgIpc) is 3.28. The van der Waals surface area contributed by atoms with Crippen LogP contribution in [-0.2, 0) is 9.22 Å². The minimum atomic E-state index is -1.70. The summed E-state index contributed by atoms with van der Waals surface area (Å²) in [5.41, 5.74) is 0.0999. The van der Waals surface area contributed by atoms with Gasteiger partial charge < -0.3 is 9.16 Å². The van der Waals surface area contributed by atoms with E-state index >= 15 is 0 Å². The van der Waals surface area contributed by atoms with Crippen LogP contribution in [0.4, 0.5) is 0 Å². The van der Waals surface area contributed by atoms with Crippen molar-refractivity contribution >= 4 is 14.3 Å². The van der Waals surface area contributed by atoms with Crippen LogP contribution in [0.2, 0.25) is 18.1 Å². The van der Waals surface area contributed by atoms with E-state index in [0.717, 1.165) is 19.4 Å². The van der Waals surface area contributed by atoms with E-state index < -0.39 is 8.32 Å². The second-order valence-electron chi connectivity index (χ2n) is 9.53. The van der Waals surface area contributed by atoms with Gasteiger partial charge in [-0.05, 0) is 54.4 Å². The molecule has 25 heavy (non-hydrogen) atoms. The Labute approximate surface area is 154 Å². The fraction of sp³-hybridized carbons (Fsp3) is 0.667. The Hall–Kier alpha value is -1.13. The Morgan fingerprint density at radius 1 is 1.12 bits per heavy atom. The highest BCUT2D eigenvalue weighted by Gasteiger charge is 2.52. The molecule has 140 valence electrons. The average molecular weight is 363 g/mol. The van der Waals surface area contributed by atoms with E-state index in [1.54, 1.807) is 0 Å². The standard InChI is InChI=1S/C21H34O3Si/c1-20(2,3)25(6,7)23-14-13-21(4,5)18-15-17(18)19(22)24-16-11-9-8-10-12-16/h8-12,17-18H,13-15H2,1-7H3. The van der Waals surface area contributed by atoms with Crippen LogP contribution in [0.3, 0.4) is 0 Å². The minimum absolute atomic E-state index is 0.0306. The summed E-state index contributed by atoms with van der Waals surface area (Å²) in [5, 5.41) is 0.235. The number of para-hydroxylation sites is 1. The van der Waals surface area contributed by atoms with Gasteiger partial charge in [0, 0.05) is 6.61 Å². The van der Waals surface area contributed by atoms with Gasteiger partial charge >= 0.3 is 5.97 Å². The van der Waals surface area contributed by atoms with E-state index in [4.69, 9.17) is 9.16 Å². The molecule has 2 rings (SSSR count). The molecule has 0 heterocycles. The number of benzene rings is 1. The fourth-order valence-electron chi connectivity index (χ4n) is 2.97. The molecule has 1 aliphatic rings. The van der Waals surface area contributed by atoms with E-state index in [-0.39, 0.29) is 22.3 Å². The van der Waals surface area contributed by atoms with Crippen molar-refractivity contribution in [2.24, 2.45) is 17.3 Å². The second kappa shape index (κ2) is 7.24. The molecule has 2 unspecified atom stereocenters. The van der Waals surface area contributed by atoms with Crippen LogP contribution >= 0.6 is 0 Å². The number of esters is 1.